The topological polar surface area (TPSA) is 84.5 Å². The molecule has 0 aliphatic heterocycles. The third-order valence-corrected chi connectivity index (χ3v) is 3.03. The molecule has 4 N–H and O–H groups in total. The van der Waals surface area contributed by atoms with Crippen LogP contribution in [0.15, 0.2) is 36.8 Å². The van der Waals surface area contributed by atoms with Crippen LogP contribution in [-0.2, 0) is 6.54 Å². The van der Waals surface area contributed by atoms with Crippen molar-refractivity contribution in [2.45, 2.75) is 19.5 Å². The summed E-state index contributed by atoms with van der Waals surface area (Å²) in [6.45, 7) is 2.88. The Bertz CT molecular complexity index is 670. The highest BCUT2D eigenvalue weighted by atomic mass is 15.3. The highest BCUT2D eigenvalue weighted by Gasteiger charge is 2.08. The minimum atomic E-state index is 0.225. The monoisotopic (exact) mass is 256 g/mol. The van der Waals surface area contributed by atoms with Crippen LogP contribution in [-0.4, -0.2) is 26.0 Å². The molecule has 0 saturated carbocycles. The van der Waals surface area contributed by atoms with Gasteiger partial charge in [-0.05, 0) is 25.1 Å². The van der Waals surface area contributed by atoms with Crippen LogP contribution in [0.5, 0.6) is 0 Å². The lowest BCUT2D eigenvalue weighted by Gasteiger charge is -2.17. The SMILES string of the molecule is CC(Cn1cccn1)Nc1cc2[nH]ncc2cc1N. The van der Waals surface area contributed by atoms with Gasteiger partial charge in [0.15, 0.2) is 0 Å². The minimum absolute atomic E-state index is 0.225. The van der Waals surface area contributed by atoms with E-state index in [0.29, 0.717) is 0 Å². The van der Waals surface area contributed by atoms with Gasteiger partial charge in [0.05, 0.1) is 29.6 Å². The second-order valence-corrected chi connectivity index (χ2v) is 4.67. The summed E-state index contributed by atoms with van der Waals surface area (Å²) in [7, 11) is 0. The number of fused-ring (bicyclic) bond motifs is 1. The van der Waals surface area contributed by atoms with E-state index in [-0.39, 0.29) is 6.04 Å². The number of hydrogen-bond donors (Lipinski definition) is 3. The fraction of sp³-hybridized carbons (Fsp3) is 0.231. The molecule has 0 amide bonds. The molecule has 1 unspecified atom stereocenters. The molecule has 0 saturated heterocycles. The predicted octanol–water partition coefficient (Wildman–Crippen LogP) is 1.84. The summed E-state index contributed by atoms with van der Waals surface area (Å²) in [6, 6.07) is 6.04. The smallest absolute Gasteiger partial charge is 0.0672 e. The number of nitrogens with zero attached hydrogens (tertiary/aromatic N) is 3. The molecule has 98 valence electrons. The Balaban J connectivity index is 1.78. The van der Waals surface area contributed by atoms with E-state index in [1.807, 2.05) is 29.1 Å². The molecule has 3 rings (SSSR count). The number of hydrogen-bond acceptors (Lipinski definition) is 4. The summed E-state index contributed by atoms with van der Waals surface area (Å²) < 4.78 is 1.89. The first-order chi connectivity index (χ1) is 9.22. The minimum Gasteiger partial charge on any atom is -0.397 e. The summed E-state index contributed by atoms with van der Waals surface area (Å²) in [6.07, 6.45) is 5.49. The summed E-state index contributed by atoms with van der Waals surface area (Å²) in [5, 5.41) is 15.5. The number of H-pyrrole nitrogens is 1. The average Bonchev–Trinajstić information content (AvgIpc) is 3.00. The van der Waals surface area contributed by atoms with Gasteiger partial charge in [-0.2, -0.15) is 10.2 Å². The van der Waals surface area contributed by atoms with Gasteiger partial charge in [0.1, 0.15) is 0 Å². The number of rotatable bonds is 4. The zero-order valence-electron chi connectivity index (χ0n) is 10.7. The molecule has 1 atom stereocenters. The van der Waals surface area contributed by atoms with E-state index in [9.17, 15) is 0 Å². The van der Waals surface area contributed by atoms with Crippen LogP contribution in [0.2, 0.25) is 0 Å². The Labute approximate surface area is 110 Å². The van der Waals surface area contributed by atoms with E-state index in [4.69, 9.17) is 5.73 Å². The van der Waals surface area contributed by atoms with Crippen molar-refractivity contribution < 1.29 is 0 Å². The molecule has 0 spiro atoms. The third-order valence-electron chi connectivity index (χ3n) is 3.03. The Morgan fingerprint density at radius 2 is 2.37 bits per heavy atom. The van der Waals surface area contributed by atoms with Crippen molar-refractivity contribution in [3.8, 4) is 0 Å². The van der Waals surface area contributed by atoms with Crippen LogP contribution in [0, 0.1) is 0 Å². The highest BCUT2D eigenvalue weighted by Crippen LogP contribution is 2.25. The van der Waals surface area contributed by atoms with Crippen LogP contribution in [0.4, 0.5) is 11.4 Å². The Hall–Kier alpha value is -2.50. The summed E-state index contributed by atoms with van der Waals surface area (Å²) in [5.41, 5.74) is 8.65. The number of aromatic amines is 1. The number of benzene rings is 1. The van der Waals surface area contributed by atoms with Crippen LogP contribution in [0.25, 0.3) is 10.9 Å². The molecule has 0 fully saturated rings. The number of aromatic nitrogens is 4. The fourth-order valence-corrected chi connectivity index (χ4v) is 2.13. The molecule has 19 heavy (non-hydrogen) atoms. The summed E-state index contributed by atoms with van der Waals surface area (Å²) in [4.78, 5) is 0. The van der Waals surface area contributed by atoms with Crippen molar-refractivity contribution in [3.05, 3.63) is 36.8 Å². The van der Waals surface area contributed by atoms with Gasteiger partial charge < -0.3 is 11.1 Å². The van der Waals surface area contributed by atoms with Gasteiger partial charge in [0.2, 0.25) is 0 Å². The molecule has 2 heterocycles. The van der Waals surface area contributed by atoms with E-state index in [0.717, 1.165) is 28.8 Å². The molecule has 0 radical (unpaired) electrons. The van der Waals surface area contributed by atoms with Crippen molar-refractivity contribution in [1.29, 1.82) is 0 Å². The first-order valence-corrected chi connectivity index (χ1v) is 6.19. The van der Waals surface area contributed by atoms with E-state index < -0.39 is 0 Å². The lowest BCUT2D eigenvalue weighted by atomic mass is 10.2. The lowest BCUT2D eigenvalue weighted by Crippen LogP contribution is -2.22. The van der Waals surface area contributed by atoms with E-state index in [1.165, 1.54) is 0 Å². The van der Waals surface area contributed by atoms with Crippen molar-refractivity contribution in [1.82, 2.24) is 20.0 Å². The van der Waals surface area contributed by atoms with Gasteiger partial charge in [0.25, 0.3) is 0 Å². The molecule has 0 bridgehead atoms. The van der Waals surface area contributed by atoms with Crippen molar-refractivity contribution in [2.75, 3.05) is 11.1 Å². The molecule has 1 aromatic carbocycles. The van der Waals surface area contributed by atoms with Crippen molar-refractivity contribution >= 4 is 22.3 Å². The normalized spacial score (nSPS) is 12.7. The first-order valence-electron chi connectivity index (χ1n) is 6.19. The fourth-order valence-electron chi connectivity index (χ4n) is 2.13. The largest absolute Gasteiger partial charge is 0.397 e. The lowest BCUT2D eigenvalue weighted by molar-refractivity contribution is 0.561. The molecule has 2 aromatic heterocycles. The molecule has 6 nitrogen and oxygen atoms in total. The van der Waals surface area contributed by atoms with Gasteiger partial charge in [-0.1, -0.05) is 0 Å². The van der Waals surface area contributed by atoms with Gasteiger partial charge in [0, 0.05) is 23.8 Å². The molecule has 0 aliphatic carbocycles. The third kappa shape index (κ3) is 2.37. The molecule has 3 aromatic rings. The van der Waals surface area contributed by atoms with E-state index in [1.54, 1.807) is 12.4 Å². The zero-order valence-corrected chi connectivity index (χ0v) is 10.7. The Morgan fingerprint density at radius 3 is 3.16 bits per heavy atom. The van der Waals surface area contributed by atoms with Gasteiger partial charge in [-0.15, -0.1) is 0 Å². The Kier molecular flexibility index (Phi) is 2.83. The highest BCUT2D eigenvalue weighted by molar-refractivity contribution is 5.88. The van der Waals surface area contributed by atoms with Crippen LogP contribution in [0.3, 0.4) is 0 Å². The number of anilines is 2. The van der Waals surface area contributed by atoms with Crippen molar-refractivity contribution in [3.63, 3.8) is 0 Å². The van der Waals surface area contributed by atoms with Gasteiger partial charge in [-0.25, -0.2) is 0 Å². The second kappa shape index (κ2) is 4.64. The summed E-state index contributed by atoms with van der Waals surface area (Å²) in [5.74, 6) is 0. The second-order valence-electron chi connectivity index (χ2n) is 4.67. The quantitative estimate of drug-likeness (QED) is 0.622. The van der Waals surface area contributed by atoms with E-state index in [2.05, 4.69) is 27.5 Å². The van der Waals surface area contributed by atoms with Crippen molar-refractivity contribution in [2.24, 2.45) is 0 Å². The summed E-state index contributed by atoms with van der Waals surface area (Å²) >= 11 is 0. The number of nitrogens with two attached hydrogens (primary N) is 1. The van der Waals surface area contributed by atoms with Gasteiger partial charge in [-0.3, -0.25) is 9.78 Å². The molecule has 6 heteroatoms. The van der Waals surface area contributed by atoms with Gasteiger partial charge >= 0.3 is 0 Å². The standard InChI is InChI=1S/C13H16N6/c1-9(8-19-4-2-3-16-19)17-13-6-12-10(5-11(13)14)7-15-18-12/h2-7,9,17H,8,14H2,1H3,(H,15,18). The molecular formula is C13H16N6. The maximum absolute atomic E-state index is 6.04. The predicted molar refractivity (Wildman–Crippen MR) is 75.8 cm³/mol. The first kappa shape index (κ1) is 11.6. The van der Waals surface area contributed by atoms with E-state index >= 15 is 0 Å². The number of nitrogens with one attached hydrogen (secondary N) is 2. The maximum Gasteiger partial charge on any atom is 0.0672 e. The maximum atomic E-state index is 6.04. The zero-order chi connectivity index (χ0) is 13.2. The number of nitrogen functional groups attached to an aromatic ring is 1. The molecular weight excluding hydrogens is 240 g/mol. The van der Waals surface area contributed by atoms with Crippen LogP contribution < -0.4 is 11.1 Å². The Morgan fingerprint density at radius 1 is 1.47 bits per heavy atom. The molecule has 0 aliphatic rings. The average molecular weight is 256 g/mol. The van der Waals surface area contributed by atoms with Crippen LogP contribution >= 0.6 is 0 Å². The van der Waals surface area contributed by atoms with Crippen LogP contribution in [0.1, 0.15) is 6.92 Å².